The van der Waals surface area contributed by atoms with Crippen LogP contribution in [0, 0.1) is 0 Å². The molecule has 40 heavy (non-hydrogen) atoms. The Morgan fingerprint density at radius 3 is 1.85 bits per heavy atom. The van der Waals surface area contributed by atoms with Crippen molar-refractivity contribution in [1.82, 2.24) is 19.9 Å². The van der Waals surface area contributed by atoms with Crippen molar-refractivity contribution < 1.29 is 55.7 Å². The monoisotopic (exact) mass is 581 g/mol. The van der Waals surface area contributed by atoms with Crippen LogP contribution in [0.1, 0.15) is 18.5 Å². The number of carboxylic acids is 2. The number of halogens is 6. The van der Waals surface area contributed by atoms with Gasteiger partial charge >= 0.3 is 24.3 Å². The lowest BCUT2D eigenvalue weighted by atomic mass is 9.89. The molecule has 4 rings (SSSR count). The highest BCUT2D eigenvalue weighted by atomic mass is 19.4. The van der Waals surface area contributed by atoms with Gasteiger partial charge < -0.3 is 24.7 Å². The molecule has 0 saturated carbocycles. The van der Waals surface area contributed by atoms with E-state index >= 15 is 0 Å². The van der Waals surface area contributed by atoms with E-state index in [1.807, 2.05) is 29.2 Å². The zero-order valence-electron chi connectivity index (χ0n) is 20.7. The number of rotatable bonds is 3. The van der Waals surface area contributed by atoms with Gasteiger partial charge in [-0.1, -0.05) is 6.07 Å². The van der Waals surface area contributed by atoms with E-state index in [-0.39, 0.29) is 11.5 Å². The molecule has 0 unspecified atom stereocenters. The molecule has 2 aromatic heterocycles. The number of carboxylic acid groups (broad SMARTS) is 2. The van der Waals surface area contributed by atoms with Gasteiger partial charge in [-0.2, -0.15) is 26.3 Å². The Labute approximate surface area is 223 Å². The number of alkyl halides is 6. The first-order valence-corrected chi connectivity index (χ1v) is 11.6. The average Bonchev–Trinajstić information content (AvgIpc) is 2.90. The van der Waals surface area contributed by atoms with Gasteiger partial charge in [-0.25, -0.2) is 19.6 Å². The Morgan fingerprint density at radius 1 is 0.850 bits per heavy atom. The van der Waals surface area contributed by atoms with E-state index in [0.717, 1.165) is 50.7 Å². The molecule has 220 valence electrons. The number of anilines is 1. The second-order valence-corrected chi connectivity index (χ2v) is 8.49. The number of piperidine rings is 1. The predicted molar refractivity (Wildman–Crippen MR) is 124 cm³/mol. The van der Waals surface area contributed by atoms with Crippen molar-refractivity contribution in [3.05, 3.63) is 48.5 Å². The number of aromatic nitrogens is 3. The standard InChI is InChI=1S/C19H23N5O2.2C2HF3O2/c25-17(14-16-4-1-2-7-20-16)23-10-5-19(6-11-23)15-24(12-13-26-19)18-21-8-3-9-22-18;2*3-2(4,5)1(6)7/h1-4,7-9H,5-6,10-15H2;2*(H,6,7). The van der Waals surface area contributed by atoms with E-state index in [4.69, 9.17) is 24.5 Å². The highest BCUT2D eigenvalue weighted by Crippen LogP contribution is 2.31. The van der Waals surface area contributed by atoms with E-state index in [0.29, 0.717) is 13.0 Å². The first-order chi connectivity index (χ1) is 18.6. The molecule has 17 heteroatoms. The Hall–Kier alpha value is -4.02. The van der Waals surface area contributed by atoms with Gasteiger partial charge in [0.05, 0.1) is 25.2 Å². The number of morpholine rings is 1. The lowest BCUT2D eigenvalue weighted by molar-refractivity contribution is -0.193. The molecule has 2 aliphatic rings. The number of pyridine rings is 1. The normalized spacial score (nSPS) is 16.6. The first kappa shape index (κ1) is 32.2. The fourth-order valence-corrected chi connectivity index (χ4v) is 3.71. The molecule has 2 fully saturated rings. The minimum absolute atomic E-state index is 0.137. The van der Waals surface area contributed by atoms with Crippen LogP contribution in [0.5, 0.6) is 0 Å². The number of carbonyl (C=O) groups is 3. The number of ether oxygens (including phenoxy) is 1. The average molecular weight is 581 g/mol. The van der Waals surface area contributed by atoms with E-state index in [1.54, 1.807) is 18.6 Å². The largest absolute Gasteiger partial charge is 0.490 e. The number of aliphatic carboxylic acids is 2. The Kier molecular flexibility index (Phi) is 11.2. The smallest absolute Gasteiger partial charge is 0.475 e. The lowest BCUT2D eigenvalue weighted by Crippen LogP contribution is -2.58. The van der Waals surface area contributed by atoms with E-state index in [2.05, 4.69) is 19.9 Å². The van der Waals surface area contributed by atoms with Crippen LogP contribution in [0.15, 0.2) is 42.9 Å². The predicted octanol–water partition coefficient (Wildman–Crippen LogP) is 2.58. The summed E-state index contributed by atoms with van der Waals surface area (Å²) in [6, 6.07) is 7.49. The molecule has 4 heterocycles. The third-order valence-electron chi connectivity index (χ3n) is 5.65. The van der Waals surface area contributed by atoms with Gasteiger partial charge in [0.1, 0.15) is 0 Å². The highest BCUT2D eigenvalue weighted by Gasteiger charge is 2.41. The summed E-state index contributed by atoms with van der Waals surface area (Å²) >= 11 is 0. The zero-order valence-corrected chi connectivity index (χ0v) is 20.7. The van der Waals surface area contributed by atoms with Crippen molar-refractivity contribution in [1.29, 1.82) is 0 Å². The maximum absolute atomic E-state index is 12.5. The summed E-state index contributed by atoms with van der Waals surface area (Å²) in [6.07, 6.45) is -2.87. The molecule has 11 nitrogen and oxygen atoms in total. The third-order valence-corrected chi connectivity index (χ3v) is 5.65. The third kappa shape index (κ3) is 10.3. The number of amides is 1. The summed E-state index contributed by atoms with van der Waals surface area (Å²) < 4.78 is 69.6. The molecular formula is C23H25F6N5O6. The maximum atomic E-state index is 12.5. The van der Waals surface area contributed by atoms with E-state index in [9.17, 15) is 31.1 Å². The van der Waals surface area contributed by atoms with Gasteiger partial charge in [0.2, 0.25) is 11.9 Å². The van der Waals surface area contributed by atoms with Gasteiger partial charge in [-0.3, -0.25) is 9.78 Å². The van der Waals surface area contributed by atoms with Crippen LogP contribution in [-0.2, 0) is 25.5 Å². The van der Waals surface area contributed by atoms with Crippen LogP contribution in [0.4, 0.5) is 32.3 Å². The fraction of sp³-hybridized carbons (Fsp3) is 0.478. The van der Waals surface area contributed by atoms with Crippen LogP contribution in [0.2, 0.25) is 0 Å². The molecule has 0 aromatic carbocycles. The summed E-state index contributed by atoms with van der Waals surface area (Å²) in [5.74, 6) is -4.62. The maximum Gasteiger partial charge on any atom is 0.490 e. The molecule has 2 N–H and O–H groups in total. The quantitative estimate of drug-likeness (QED) is 0.519. The molecule has 0 aliphatic carbocycles. The minimum atomic E-state index is -5.08. The topological polar surface area (TPSA) is 146 Å². The van der Waals surface area contributed by atoms with Crippen molar-refractivity contribution >= 4 is 23.8 Å². The second kappa shape index (κ2) is 13.9. The SMILES string of the molecule is O=C(Cc1ccccn1)N1CCC2(CC1)CN(c1ncccn1)CCO2.O=C(O)C(F)(F)F.O=C(O)C(F)(F)F. The number of likely N-dealkylation sites (tertiary alicyclic amines) is 1. The van der Waals surface area contributed by atoms with Gasteiger partial charge in [0.25, 0.3) is 0 Å². The van der Waals surface area contributed by atoms with Crippen LogP contribution >= 0.6 is 0 Å². The Bertz CT molecular complexity index is 1090. The molecular weight excluding hydrogens is 556 g/mol. The summed E-state index contributed by atoms with van der Waals surface area (Å²) in [5.41, 5.74) is 0.610. The molecule has 1 spiro atoms. The molecule has 0 atom stereocenters. The number of hydrogen-bond donors (Lipinski definition) is 2. The molecule has 2 aromatic rings. The molecule has 2 aliphatic heterocycles. The molecule has 0 radical (unpaired) electrons. The van der Waals surface area contributed by atoms with E-state index in [1.165, 1.54) is 0 Å². The van der Waals surface area contributed by atoms with Gasteiger partial charge in [-0.15, -0.1) is 0 Å². The first-order valence-electron chi connectivity index (χ1n) is 11.6. The van der Waals surface area contributed by atoms with Crippen molar-refractivity contribution in [2.24, 2.45) is 0 Å². The lowest BCUT2D eigenvalue weighted by Gasteiger charge is -2.47. The Balaban J connectivity index is 0.000000333. The Morgan fingerprint density at radius 2 is 1.38 bits per heavy atom. The van der Waals surface area contributed by atoms with Gasteiger partial charge in [0, 0.05) is 43.9 Å². The van der Waals surface area contributed by atoms with Crippen LogP contribution in [0.25, 0.3) is 0 Å². The summed E-state index contributed by atoms with van der Waals surface area (Å²) in [5, 5.41) is 14.2. The molecule has 2 saturated heterocycles. The summed E-state index contributed by atoms with van der Waals surface area (Å²) in [4.78, 5) is 47.4. The van der Waals surface area contributed by atoms with Crippen LogP contribution < -0.4 is 4.90 Å². The summed E-state index contributed by atoms with van der Waals surface area (Å²) in [7, 11) is 0. The number of hydrogen-bond acceptors (Lipinski definition) is 8. The van der Waals surface area contributed by atoms with Gasteiger partial charge in [0.15, 0.2) is 0 Å². The number of nitrogens with zero attached hydrogens (tertiary/aromatic N) is 5. The van der Waals surface area contributed by atoms with Gasteiger partial charge in [-0.05, 0) is 31.0 Å². The molecule has 1 amide bonds. The van der Waals surface area contributed by atoms with E-state index < -0.39 is 24.3 Å². The van der Waals surface area contributed by atoms with Crippen molar-refractivity contribution in [2.45, 2.75) is 37.2 Å². The van der Waals surface area contributed by atoms with Crippen molar-refractivity contribution in [2.75, 3.05) is 37.7 Å². The highest BCUT2D eigenvalue weighted by molar-refractivity contribution is 5.78. The molecule has 0 bridgehead atoms. The van der Waals surface area contributed by atoms with Crippen molar-refractivity contribution in [3.8, 4) is 0 Å². The van der Waals surface area contributed by atoms with Crippen molar-refractivity contribution in [3.63, 3.8) is 0 Å². The fourth-order valence-electron chi connectivity index (χ4n) is 3.71. The van der Waals surface area contributed by atoms with Crippen LogP contribution in [-0.4, -0.2) is 98.7 Å². The zero-order chi connectivity index (χ0) is 30.0. The van der Waals surface area contributed by atoms with Crippen LogP contribution in [0.3, 0.4) is 0 Å². The minimum Gasteiger partial charge on any atom is -0.475 e. The summed E-state index contributed by atoms with van der Waals surface area (Å²) in [6.45, 7) is 3.68. The number of carbonyl (C=O) groups excluding carboxylic acids is 1. The second-order valence-electron chi connectivity index (χ2n) is 8.49.